The van der Waals surface area contributed by atoms with Gasteiger partial charge in [0.15, 0.2) is 0 Å². The van der Waals surface area contributed by atoms with Crippen LogP contribution in [0.2, 0.25) is 0 Å². The third kappa shape index (κ3) is 3.45. The van der Waals surface area contributed by atoms with Crippen LogP contribution in [0.4, 0.5) is 11.5 Å². The Bertz CT molecular complexity index is 458. The van der Waals surface area contributed by atoms with E-state index in [1.807, 2.05) is 18.7 Å². The minimum Gasteiger partial charge on any atom is -0.347 e. The highest BCUT2D eigenvalue weighted by Crippen LogP contribution is 2.27. The van der Waals surface area contributed by atoms with E-state index in [2.05, 4.69) is 10.3 Å². The molecule has 1 aliphatic heterocycles. The highest BCUT2D eigenvalue weighted by Gasteiger charge is 2.25. The Morgan fingerprint density at radius 1 is 1.55 bits per heavy atom. The van der Waals surface area contributed by atoms with Gasteiger partial charge in [0.1, 0.15) is 0 Å². The maximum absolute atomic E-state index is 11.2. The Hall–Kier alpha value is -1.69. The topological polar surface area (TPSA) is 71.3 Å². The van der Waals surface area contributed by atoms with Crippen molar-refractivity contribution in [1.29, 1.82) is 0 Å². The lowest BCUT2D eigenvalue weighted by Crippen LogP contribution is -2.46. The summed E-state index contributed by atoms with van der Waals surface area (Å²) >= 11 is 0. The van der Waals surface area contributed by atoms with Crippen LogP contribution in [0.1, 0.15) is 33.1 Å². The highest BCUT2D eigenvalue weighted by atomic mass is 16.6. The average Bonchev–Trinajstić information content (AvgIpc) is 2.45. The van der Waals surface area contributed by atoms with Gasteiger partial charge in [0.05, 0.1) is 4.92 Å². The summed E-state index contributed by atoms with van der Waals surface area (Å²) in [5, 5.41) is 14.6. The first-order valence-corrected chi connectivity index (χ1v) is 7.19. The highest BCUT2D eigenvalue weighted by molar-refractivity contribution is 5.57. The normalized spacial score (nSPS) is 19.1. The lowest BCUT2D eigenvalue weighted by atomic mass is 10.0. The molecule has 1 saturated heterocycles. The molecule has 6 nitrogen and oxygen atoms in total. The van der Waals surface area contributed by atoms with Crippen LogP contribution in [0.3, 0.4) is 0 Å². The first-order chi connectivity index (χ1) is 9.59. The summed E-state index contributed by atoms with van der Waals surface area (Å²) in [6, 6.07) is 3.69. The Labute approximate surface area is 119 Å². The van der Waals surface area contributed by atoms with Gasteiger partial charge in [-0.25, -0.2) is 4.98 Å². The Kier molecular flexibility index (Phi) is 4.89. The number of anilines is 1. The fourth-order valence-corrected chi connectivity index (χ4v) is 2.61. The summed E-state index contributed by atoms with van der Waals surface area (Å²) in [6.07, 6.45) is 5.16. The van der Waals surface area contributed by atoms with Gasteiger partial charge in [0.2, 0.25) is 5.82 Å². The summed E-state index contributed by atoms with van der Waals surface area (Å²) < 4.78 is 0. The molecule has 0 spiro atoms. The molecule has 0 radical (unpaired) electrons. The van der Waals surface area contributed by atoms with Crippen molar-refractivity contribution >= 4 is 11.5 Å². The van der Waals surface area contributed by atoms with Crippen LogP contribution >= 0.6 is 0 Å². The summed E-state index contributed by atoms with van der Waals surface area (Å²) in [4.78, 5) is 17.1. The van der Waals surface area contributed by atoms with E-state index in [1.54, 1.807) is 12.3 Å². The lowest BCUT2D eigenvalue weighted by Gasteiger charge is -2.33. The molecule has 0 bridgehead atoms. The van der Waals surface area contributed by atoms with Crippen LogP contribution in [-0.4, -0.2) is 35.1 Å². The minimum absolute atomic E-state index is 0.0806. The molecular weight excluding hydrogens is 256 g/mol. The molecule has 1 aromatic heterocycles. The van der Waals surface area contributed by atoms with Gasteiger partial charge in [-0.05, 0) is 39.3 Å². The number of aromatic nitrogens is 1. The van der Waals surface area contributed by atoms with Gasteiger partial charge >= 0.3 is 5.69 Å². The zero-order valence-corrected chi connectivity index (χ0v) is 12.1. The van der Waals surface area contributed by atoms with Crippen LogP contribution in [0, 0.1) is 10.1 Å². The molecule has 1 aliphatic rings. The number of pyridine rings is 1. The van der Waals surface area contributed by atoms with Gasteiger partial charge in [-0.1, -0.05) is 6.42 Å². The molecule has 20 heavy (non-hydrogen) atoms. The SMILES string of the molecule is CC(C)N(CC1CCCCN1)c1ncccc1[N+](=O)[O-]. The smallest absolute Gasteiger partial charge is 0.311 e. The second-order valence-corrected chi connectivity index (χ2v) is 5.50. The van der Waals surface area contributed by atoms with Gasteiger partial charge in [-0.2, -0.15) is 0 Å². The molecule has 6 heteroatoms. The van der Waals surface area contributed by atoms with Crippen LogP contribution in [0.5, 0.6) is 0 Å². The maximum Gasteiger partial charge on any atom is 0.311 e. The van der Waals surface area contributed by atoms with Crippen molar-refractivity contribution in [3.05, 3.63) is 28.4 Å². The molecule has 1 aromatic rings. The van der Waals surface area contributed by atoms with Crippen molar-refractivity contribution in [1.82, 2.24) is 10.3 Å². The van der Waals surface area contributed by atoms with Crippen molar-refractivity contribution in [2.75, 3.05) is 18.0 Å². The zero-order valence-electron chi connectivity index (χ0n) is 12.1. The summed E-state index contributed by atoms with van der Waals surface area (Å²) in [6.45, 7) is 5.87. The summed E-state index contributed by atoms with van der Waals surface area (Å²) in [5.41, 5.74) is 0.0806. The van der Waals surface area contributed by atoms with E-state index in [0.717, 1.165) is 19.5 Å². The molecule has 1 atom stereocenters. The average molecular weight is 278 g/mol. The second-order valence-electron chi connectivity index (χ2n) is 5.50. The van der Waals surface area contributed by atoms with Crippen LogP contribution in [-0.2, 0) is 0 Å². The fourth-order valence-electron chi connectivity index (χ4n) is 2.61. The molecule has 0 saturated carbocycles. The van der Waals surface area contributed by atoms with Crippen LogP contribution < -0.4 is 10.2 Å². The Balaban J connectivity index is 2.21. The molecule has 0 aromatic carbocycles. The molecule has 110 valence electrons. The summed E-state index contributed by atoms with van der Waals surface area (Å²) in [7, 11) is 0. The standard InChI is InChI=1S/C14H22N4O2/c1-11(2)17(10-12-6-3-4-8-15-12)14-13(18(19)20)7-5-9-16-14/h5,7,9,11-12,15H,3-4,6,8,10H2,1-2H3. The third-order valence-corrected chi connectivity index (χ3v) is 3.69. The molecule has 1 N–H and O–H groups in total. The zero-order chi connectivity index (χ0) is 14.5. The van der Waals surface area contributed by atoms with Gasteiger partial charge in [-0.3, -0.25) is 10.1 Å². The van der Waals surface area contributed by atoms with Crippen molar-refractivity contribution in [3.63, 3.8) is 0 Å². The molecular formula is C14H22N4O2. The van der Waals surface area contributed by atoms with E-state index < -0.39 is 0 Å². The lowest BCUT2D eigenvalue weighted by molar-refractivity contribution is -0.384. The number of nitrogens with zero attached hydrogens (tertiary/aromatic N) is 3. The number of nitro groups is 1. The van der Waals surface area contributed by atoms with Crippen LogP contribution in [0.15, 0.2) is 18.3 Å². The first-order valence-electron chi connectivity index (χ1n) is 7.19. The van der Waals surface area contributed by atoms with E-state index in [-0.39, 0.29) is 16.7 Å². The molecule has 2 rings (SSSR count). The Morgan fingerprint density at radius 3 is 2.95 bits per heavy atom. The van der Waals surface area contributed by atoms with E-state index in [4.69, 9.17) is 0 Å². The number of hydrogen-bond donors (Lipinski definition) is 1. The quantitative estimate of drug-likeness (QED) is 0.661. The van der Waals surface area contributed by atoms with Crippen molar-refractivity contribution in [2.45, 2.75) is 45.2 Å². The van der Waals surface area contributed by atoms with Gasteiger partial charge in [-0.15, -0.1) is 0 Å². The monoisotopic (exact) mass is 278 g/mol. The number of piperidine rings is 1. The van der Waals surface area contributed by atoms with Gasteiger partial charge in [0, 0.05) is 30.9 Å². The minimum atomic E-state index is -0.355. The maximum atomic E-state index is 11.2. The molecule has 0 aliphatic carbocycles. The first kappa shape index (κ1) is 14.7. The number of hydrogen-bond acceptors (Lipinski definition) is 5. The van der Waals surface area contributed by atoms with E-state index >= 15 is 0 Å². The molecule has 0 amide bonds. The molecule has 1 fully saturated rings. The largest absolute Gasteiger partial charge is 0.347 e. The molecule has 1 unspecified atom stereocenters. The molecule has 2 heterocycles. The second kappa shape index (κ2) is 6.65. The summed E-state index contributed by atoms with van der Waals surface area (Å²) in [5.74, 6) is 0.472. The third-order valence-electron chi connectivity index (χ3n) is 3.69. The predicted molar refractivity (Wildman–Crippen MR) is 79.0 cm³/mol. The Morgan fingerprint density at radius 2 is 2.35 bits per heavy atom. The fraction of sp³-hybridized carbons (Fsp3) is 0.643. The van der Waals surface area contributed by atoms with Crippen molar-refractivity contribution < 1.29 is 4.92 Å². The number of nitrogens with one attached hydrogen (secondary N) is 1. The van der Waals surface area contributed by atoms with E-state index in [9.17, 15) is 10.1 Å². The van der Waals surface area contributed by atoms with Crippen molar-refractivity contribution in [3.8, 4) is 0 Å². The van der Waals surface area contributed by atoms with Gasteiger partial charge in [0.25, 0.3) is 0 Å². The number of rotatable bonds is 5. The van der Waals surface area contributed by atoms with Gasteiger partial charge < -0.3 is 10.2 Å². The van der Waals surface area contributed by atoms with E-state index in [0.29, 0.717) is 11.9 Å². The van der Waals surface area contributed by atoms with Crippen molar-refractivity contribution in [2.24, 2.45) is 0 Å². The van der Waals surface area contributed by atoms with E-state index in [1.165, 1.54) is 18.9 Å². The predicted octanol–water partition coefficient (Wildman–Crippen LogP) is 2.35. The van der Waals surface area contributed by atoms with Crippen LogP contribution in [0.25, 0.3) is 0 Å².